The summed E-state index contributed by atoms with van der Waals surface area (Å²) >= 11 is 0. The Labute approximate surface area is 161 Å². The lowest BCUT2D eigenvalue weighted by molar-refractivity contribution is 0.168. The van der Waals surface area contributed by atoms with Gasteiger partial charge in [-0.3, -0.25) is 0 Å². The fourth-order valence-electron chi connectivity index (χ4n) is 4.45. The summed E-state index contributed by atoms with van der Waals surface area (Å²) < 4.78 is 1.98. The molecule has 3 heterocycles. The number of piperidine rings is 1. The van der Waals surface area contributed by atoms with E-state index in [1.807, 2.05) is 27.8 Å². The molecule has 2 aliphatic rings. The Bertz CT molecular complexity index is 752. The van der Waals surface area contributed by atoms with E-state index in [-0.39, 0.29) is 6.03 Å². The third-order valence-corrected chi connectivity index (χ3v) is 6.15. The second-order valence-electron chi connectivity index (χ2n) is 7.89. The number of nitrogens with one attached hydrogen (secondary N) is 1. The Morgan fingerprint density at radius 1 is 1.15 bits per heavy atom. The molecule has 2 aromatic rings. The minimum absolute atomic E-state index is 0.0610. The van der Waals surface area contributed by atoms with Crippen LogP contribution in [0.15, 0.2) is 43.0 Å². The molecule has 6 heteroatoms. The fraction of sp³-hybridized carbons (Fsp3) is 0.524. The van der Waals surface area contributed by atoms with Crippen molar-refractivity contribution in [1.29, 1.82) is 0 Å². The Hall–Kier alpha value is -2.34. The second-order valence-corrected chi connectivity index (χ2v) is 7.89. The minimum Gasteiger partial charge on any atom is -0.334 e. The number of hydrogen-bond acceptors (Lipinski definition) is 3. The van der Waals surface area contributed by atoms with Crippen molar-refractivity contribution in [2.24, 2.45) is 11.8 Å². The van der Waals surface area contributed by atoms with Crippen molar-refractivity contribution in [2.45, 2.75) is 25.8 Å². The summed E-state index contributed by atoms with van der Waals surface area (Å²) in [7, 11) is 2.20. The highest BCUT2D eigenvalue weighted by molar-refractivity contribution is 5.74. The molecule has 2 fully saturated rings. The first-order chi connectivity index (χ1) is 13.2. The van der Waals surface area contributed by atoms with Crippen LogP contribution in [0.5, 0.6) is 0 Å². The van der Waals surface area contributed by atoms with E-state index in [9.17, 15) is 4.79 Å². The van der Waals surface area contributed by atoms with Gasteiger partial charge in [-0.15, -0.1) is 0 Å². The van der Waals surface area contributed by atoms with Crippen molar-refractivity contribution in [3.63, 3.8) is 0 Å². The van der Waals surface area contributed by atoms with Crippen LogP contribution in [0.3, 0.4) is 0 Å². The van der Waals surface area contributed by atoms with Gasteiger partial charge in [0.25, 0.3) is 0 Å². The molecule has 0 bridgehead atoms. The number of imidazole rings is 1. The van der Waals surface area contributed by atoms with E-state index < -0.39 is 0 Å². The van der Waals surface area contributed by atoms with E-state index in [0.717, 1.165) is 36.7 Å². The lowest BCUT2D eigenvalue weighted by atomic mass is 9.84. The van der Waals surface area contributed by atoms with Crippen LogP contribution in [0, 0.1) is 11.8 Å². The lowest BCUT2D eigenvalue weighted by Crippen LogP contribution is -2.39. The van der Waals surface area contributed by atoms with Crippen molar-refractivity contribution in [2.75, 3.05) is 33.2 Å². The van der Waals surface area contributed by atoms with E-state index in [4.69, 9.17) is 0 Å². The molecule has 0 saturated carbocycles. The average Bonchev–Trinajstić information content (AvgIpc) is 3.39. The van der Waals surface area contributed by atoms with Crippen molar-refractivity contribution >= 4 is 6.03 Å². The van der Waals surface area contributed by atoms with Crippen LogP contribution in [-0.2, 0) is 6.54 Å². The number of rotatable bonds is 4. The topological polar surface area (TPSA) is 53.4 Å². The summed E-state index contributed by atoms with van der Waals surface area (Å²) in [5, 5.41) is 3.12. The van der Waals surface area contributed by atoms with Gasteiger partial charge in [0, 0.05) is 32.0 Å². The zero-order valence-corrected chi connectivity index (χ0v) is 16.1. The molecule has 27 heavy (non-hydrogen) atoms. The maximum absolute atomic E-state index is 12.7. The van der Waals surface area contributed by atoms with Crippen LogP contribution in [0.25, 0.3) is 5.69 Å². The highest BCUT2D eigenvalue weighted by Gasteiger charge is 2.33. The van der Waals surface area contributed by atoms with Gasteiger partial charge in [0.2, 0.25) is 0 Å². The molecular weight excluding hydrogens is 338 g/mol. The van der Waals surface area contributed by atoms with E-state index in [2.05, 4.69) is 34.4 Å². The predicted molar refractivity (Wildman–Crippen MR) is 106 cm³/mol. The van der Waals surface area contributed by atoms with Gasteiger partial charge in [-0.1, -0.05) is 18.2 Å². The molecule has 2 amide bonds. The molecule has 1 aromatic heterocycles. The maximum Gasteiger partial charge on any atom is 0.317 e. The molecule has 1 N–H and O–H groups in total. The number of aromatic nitrogens is 2. The van der Waals surface area contributed by atoms with Gasteiger partial charge < -0.3 is 19.7 Å². The molecule has 0 spiro atoms. The number of amides is 2. The SMILES string of the molecule is CN1CCC(C2CCN(C(=O)NCc3ccccc3-n3ccnc3)C2)CC1. The quantitative estimate of drug-likeness (QED) is 0.904. The summed E-state index contributed by atoms with van der Waals surface area (Å²) in [6.45, 7) is 4.70. The number of benzene rings is 1. The largest absolute Gasteiger partial charge is 0.334 e. The summed E-state index contributed by atoms with van der Waals surface area (Å²) in [4.78, 5) is 21.2. The van der Waals surface area contributed by atoms with Gasteiger partial charge in [-0.25, -0.2) is 9.78 Å². The van der Waals surface area contributed by atoms with E-state index in [0.29, 0.717) is 12.5 Å². The Kier molecular flexibility index (Phi) is 5.43. The number of carbonyl (C=O) groups is 1. The summed E-state index contributed by atoms with van der Waals surface area (Å²) in [6, 6.07) is 8.18. The van der Waals surface area contributed by atoms with Gasteiger partial charge >= 0.3 is 6.03 Å². The van der Waals surface area contributed by atoms with Gasteiger partial charge in [-0.2, -0.15) is 0 Å². The van der Waals surface area contributed by atoms with E-state index in [1.165, 1.54) is 25.9 Å². The highest BCUT2D eigenvalue weighted by Crippen LogP contribution is 2.31. The summed E-state index contributed by atoms with van der Waals surface area (Å²) in [5.74, 6) is 1.45. The monoisotopic (exact) mass is 367 g/mol. The fourth-order valence-corrected chi connectivity index (χ4v) is 4.45. The number of carbonyl (C=O) groups excluding carboxylic acids is 1. The van der Waals surface area contributed by atoms with Crippen LogP contribution >= 0.6 is 0 Å². The standard InChI is InChI=1S/C21H29N5O/c1-24-10-6-17(7-11-24)19-8-12-25(15-19)21(27)23-14-18-4-2-3-5-20(18)26-13-9-22-16-26/h2-5,9,13,16-17,19H,6-8,10-12,14-15H2,1H3,(H,23,27). The molecule has 2 saturated heterocycles. The van der Waals surface area contributed by atoms with Crippen LogP contribution in [-0.4, -0.2) is 58.6 Å². The van der Waals surface area contributed by atoms with Crippen molar-refractivity contribution in [1.82, 2.24) is 24.7 Å². The average molecular weight is 367 g/mol. The molecule has 6 nitrogen and oxygen atoms in total. The summed E-state index contributed by atoms with van der Waals surface area (Å²) in [5.41, 5.74) is 2.15. The molecule has 2 aliphatic heterocycles. The molecule has 1 aromatic carbocycles. The molecular formula is C21H29N5O. The van der Waals surface area contributed by atoms with E-state index >= 15 is 0 Å². The first-order valence-electron chi connectivity index (χ1n) is 9.98. The van der Waals surface area contributed by atoms with Crippen molar-refractivity contribution in [3.8, 4) is 5.69 Å². The molecule has 1 atom stereocenters. The Morgan fingerprint density at radius 3 is 2.70 bits per heavy atom. The van der Waals surface area contributed by atoms with Gasteiger partial charge in [-0.05, 0) is 62.9 Å². The van der Waals surface area contributed by atoms with Gasteiger partial charge in [0.15, 0.2) is 0 Å². The van der Waals surface area contributed by atoms with Crippen LogP contribution in [0.2, 0.25) is 0 Å². The number of hydrogen-bond donors (Lipinski definition) is 1. The van der Waals surface area contributed by atoms with Crippen molar-refractivity contribution in [3.05, 3.63) is 48.5 Å². The third kappa shape index (κ3) is 4.16. The smallest absolute Gasteiger partial charge is 0.317 e. The molecule has 4 rings (SSSR count). The highest BCUT2D eigenvalue weighted by atomic mass is 16.2. The van der Waals surface area contributed by atoms with E-state index in [1.54, 1.807) is 12.5 Å². The third-order valence-electron chi connectivity index (χ3n) is 6.15. The van der Waals surface area contributed by atoms with Crippen LogP contribution in [0.4, 0.5) is 4.79 Å². The lowest BCUT2D eigenvalue weighted by Gasteiger charge is -2.32. The van der Waals surface area contributed by atoms with Gasteiger partial charge in [0.05, 0.1) is 12.0 Å². The zero-order valence-electron chi connectivity index (χ0n) is 16.1. The molecule has 0 aliphatic carbocycles. The Balaban J connectivity index is 1.32. The van der Waals surface area contributed by atoms with Crippen LogP contribution in [0.1, 0.15) is 24.8 Å². The first kappa shape index (κ1) is 18.0. The number of para-hydroxylation sites is 1. The molecule has 1 unspecified atom stereocenters. The minimum atomic E-state index is 0.0610. The number of urea groups is 1. The van der Waals surface area contributed by atoms with Crippen molar-refractivity contribution < 1.29 is 4.79 Å². The molecule has 0 radical (unpaired) electrons. The summed E-state index contributed by atoms with van der Waals surface area (Å²) in [6.07, 6.45) is 9.17. The second kappa shape index (κ2) is 8.13. The first-order valence-corrected chi connectivity index (χ1v) is 9.98. The molecule has 144 valence electrons. The Morgan fingerprint density at radius 2 is 1.93 bits per heavy atom. The predicted octanol–water partition coefficient (Wildman–Crippen LogP) is 2.75. The van der Waals surface area contributed by atoms with Crippen LogP contribution < -0.4 is 5.32 Å². The number of likely N-dealkylation sites (tertiary alicyclic amines) is 2. The van der Waals surface area contributed by atoms with Gasteiger partial charge in [0.1, 0.15) is 0 Å². The zero-order chi connectivity index (χ0) is 18.6. The number of nitrogens with zero attached hydrogens (tertiary/aromatic N) is 4. The normalized spacial score (nSPS) is 21.5. The maximum atomic E-state index is 12.7.